The summed E-state index contributed by atoms with van der Waals surface area (Å²) >= 11 is 0. The number of carbonyl (C=O) groups is 1. The Bertz CT molecular complexity index is 795. The van der Waals surface area contributed by atoms with E-state index in [0.717, 1.165) is 24.3 Å². The molecule has 1 aromatic heterocycles. The maximum atomic E-state index is 11.0. The molecule has 2 bridgehead atoms. The number of ether oxygens (including phenoxy) is 2. The van der Waals surface area contributed by atoms with E-state index in [9.17, 15) is 4.79 Å². The summed E-state index contributed by atoms with van der Waals surface area (Å²) in [5, 5.41) is 12.9. The Morgan fingerprint density at radius 2 is 1.96 bits per heavy atom. The highest BCUT2D eigenvalue weighted by molar-refractivity contribution is 5.86. The van der Waals surface area contributed by atoms with Crippen LogP contribution in [0.15, 0.2) is 16.7 Å². The molecule has 0 saturated heterocycles. The number of benzene rings is 1. The van der Waals surface area contributed by atoms with E-state index < -0.39 is 5.97 Å². The van der Waals surface area contributed by atoms with Gasteiger partial charge in [0.25, 0.3) is 0 Å². The summed E-state index contributed by atoms with van der Waals surface area (Å²) in [7, 11) is 3.29. The highest BCUT2D eigenvalue weighted by Gasteiger charge is 2.42. The normalized spacial score (nSPS) is 21.3. The first-order valence-corrected chi connectivity index (χ1v) is 7.63. The molecule has 1 saturated carbocycles. The molecule has 0 radical (unpaired) electrons. The van der Waals surface area contributed by atoms with Crippen LogP contribution in [0.25, 0.3) is 11.3 Å². The van der Waals surface area contributed by atoms with Gasteiger partial charge in [-0.15, -0.1) is 0 Å². The van der Waals surface area contributed by atoms with E-state index in [1.807, 2.05) is 6.07 Å². The minimum atomic E-state index is -1.14. The molecule has 1 fully saturated rings. The van der Waals surface area contributed by atoms with Crippen molar-refractivity contribution in [3.63, 3.8) is 0 Å². The van der Waals surface area contributed by atoms with Gasteiger partial charge in [0.05, 0.1) is 14.2 Å². The van der Waals surface area contributed by atoms with Crippen molar-refractivity contribution in [2.45, 2.75) is 31.1 Å². The third-order valence-electron chi connectivity index (χ3n) is 4.99. The molecular formula is C17H17NO5. The maximum absolute atomic E-state index is 11.0. The number of hydrogen-bond acceptors (Lipinski definition) is 5. The number of hydrogen-bond donors (Lipinski definition) is 1. The lowest BCUT2D eigenvalue weighted by atomic mass is 9.88. The summed E-state index contributed by atoms with van der Waals surface area (Å²) in [6.07, 6.45) is 3.47. The zero-order valence-electron chi connectivity index (χ0n) is 13.0. The molecule has 2 aromatic rings. The van der Waals surface area contributed by atoms with Crippen molar-refractivity contribution in [2.75, 3.05) is 14.2 Å². The Kier molecular flexibility index (Phi) is 3.07. The van der Waals surface area contributed by atoms with Gasteiger partial charge in [0.1, 0.15) is 17.2 Å². The average Bonchev–Trinajstić information content (AvgIpc) is 3.28. The molecule has 1 heterocycles. The summed E-state index contributed by atoms with van der Waals surface area (Å²) in [5.41, 5.74) is 3.60. The van der Waals surface area contributed by atoms with Crippen LogP contribution in [0.5, 0.6) is 11.5 Å². The maximum Gasteiger partial charge on any atom is 0.374 e. The zero-order valence-corrected chi connectivity index (χ0v) is 13.0. The molecule has 0 aliphatic heterocycles. The van der Waals surface area contributed by atoms with Crippen LogP contribution >= 0.6 is 0 Å². The average molecular weight is 315 g/mol. The molecule has 2 atom stereocenters. The molecule has 6 nitrogen and oxygen atoms in total. The van der Waals surface area contributed by atoms with E-state index in [1.54, 1.807) is 14.2 Å². The van der Waals surface area contributed by atoms with Crippen LogP contribution in [0, 0.1) is 0 Å². The summed E-state index contributed by atoms with van der Waals surface area (Å²) in [5.74, 6) is 1.25. The van der Waals surface area contributed by atoms with Gasteiger partial charge in [0.15, 0.2) is 0 Å². The minimum absolute atomic E-state index is 0.192. The molecule has 0 amide bonds. The first-order valence-electron chi connectivity index (χ1n) is 7.63. The van der Waals surface area contributed by atoms with Gasteiger partial charge < -0.3 is 19.1 Å². The number of methoxy groups -OCH3 is 2. The molecule has 2 aliphatic carbocycles. The largest absolute Gasteiger partial charge is 0.496 e. The van der Waals surface area contributed by atoms with Gasteiger partial charge in [-0.1, -0.05) is 5.16 Å². The van der Waals surface area contributed by atoms with Crippen molar-refractivity contribution in [3.05, 3.63) is 29.0 Å². The quantitative estimate of drug-likeness (QED) is 0.931. The fourth-order valence-electron chi connectivity index (χ4n) is 4.09. The van der Waals surface area contributed by atoms with Crippen molar-refractivity contribution < 1.29 is 23.9 Å². The standard InChI is InChI=1S/C17H17NO5/c1-21-12-6-10(11-7-13(17(19)20)23-18-11)16(22-2)15-9-4-3-8(5-9)14(12)15/h6-9H,3-5H2,1-2H3,(H,19,20). The monoisotopic (exact) mass is 315 g/mol. The minimum Gasteiger partial charge on any atom is -0.496 e. The lowest BCUT2D eigenvalue weighted by Crippen LogP contribution is -2.05. The van der Waals surface area contributed by atoms with Crippen molar-refractivity contribution in [1.29, 1.82) is 0 Å². The molecular weight excluding hydrogens is 298 g/mol. The highest BCUT2D eigenvalue weighted by atomic mass is 16.5. The van der Waals surface area contributed by atoms with Crippen LogP contribution < -0.4 is 9.47 Å². The Labute approximate surface area is 133 Å². The summed E-state index contributed by atoms with van der Waals surface area (Å²) in [6.45, 7) is 0. The molecule has 2 aliphatic rings. The van der Waals surface area contributed by atoms with Gasteiger partial charge in [0.2, 0.25) is 5.76 Å². The molecule has 6 heteroatoms. The number of aromatic carboxylic acids is 1. The fourth-order valence-corrected chi connectivity index (χ4v) is 4.09. The van der Waals surface area contributed by atoms with Crippen LogP contribution in [0.4, 0.5) is 0 Å². The third-order valence-corrected chi connectivity index (χ3v) is 4.99. The SMILES string of the molecule is COc1cc(-c2cc(C(=O)O)on2)c(OC)c2c1C1CCC2C1. The zero-order chi connectivity index (χ0) is 16.1. The topological polar surface area (TPSA) is 81.8 Å². The predicted octanol–water partition coefficient (Wildman–Crippen LogP) is 3.42. The van der Waals surface area contributed by atoms with E-state index in [0.29, 0.717) is 23.1 Å². The van der Waals surface area contributed by atoms with Crippen molar-refractivity contribution in [1.82, 2.24) is 5.16 Å². The second-order valence-electron chi connectivity index (χ2n) is 6.08. The molecule has 0 spiro atoms. The first-order chi connectivity index (χ1) is 11.1. The van der Waals surface area contributed by atoms with Gasteiger partial charge in [-0.2, -0.15) is 0 Å². The Morgan fingerprint density at radius 1 is 1.22 bits per heavy atom. The smallest absolute Gasteiger partial charge is 0.374 e. The predicted molar refractivity (Wildman–Crippen MR) is 81.3 cm³/mol. The van der Waals surface area contributed by atoms with E-state index in [-0.39, 0.29) is 5.76 Å². The lowest BCUT2D eigenvalue weighted by molar-refractivity contribution is 0.0652. The molecule has 4 rings (SSSR count). The number of carboxylic acids is 1. The number of aromatic nitrogens is 1. The van der Waals surface area contributed by atoms with E-state index >= 15 is 0 Å². The summed E-state index contributed by atoms with van der Waals surface area (Å²) in [4.78, 5) is 11.0. The van der Waals surface area contributed by atoms with Gasteiger partial charge in [-0.25, -0.2) is 4.79 Å². The molecule has 1 N–H and O–H groups in total. The second-order valence-corrected chi connectivity index (χ2v) is 6.08. The van der Waals surface area contributed by atoms with Gasteiger partial charge >= 0.3 is 5.97 Å². The Hall–Kier alpha value is -2.50. The second kappa shape index (κ2) is 5.01. The van der Waals surface area contributed by atoms with Crippen LogP contribution in [-0.2, 0) is 0 Å². The Balaban J connectivity index is 1.93. The van der Waals surface area contributed by atoms with E-state index in [1.165, 1.54) is 23.6 Å². The van der Waals surface area contributed by atoms with E-state index in [4.69, 9.17) is 19.1 Å². The van der Waals surface area contributed by atoms with Gasteiger partial charge in [0, 0.05) is 22.8 Å². The number of rotatable bonds is 4. The third kappa shape index (κ3) is 1.94. The fraction of sp³-hybridized carbons (Fsp3) is 0.412. The van der Waals surface area contributed by atoms with Crippen LogP contribution in [0.2, 0.25) is 0 Å². The van der Waals surface area contributed by atoms with Crippen molar-refractivity contribution in [3.8, 4) is 22.8 Å². The Morgan fingerprint density at radius 3 is 2.57 bits per heavy atom. The van der Waals surface area contributed by atoms with Gasteiger partial charge in [-0.05, 0) is 37.2 Å². The van der Waals surface area contributed by atoms with Crippen LogP contribution in [0.3, 0.4) is 0 Å². The molecule has 2 unspecified atom stereocenters. The summed E-state index contributed by atoms with van der Waals surface area (Å²) < 4.78 is 16.2. The number of nitrogens with zero attached hydrogens (tertiary/aromatic N) is 1. The molecule has 1 aromatic carbocycles. The first kappa shape index (κ1) is 14.1. The molecule has 23 heavy (non-hydrogen) atoms. The number of fused-ring (bicyclic) bond motifs is 5. The summed E-state index contributed by atoms with van der Waals surface area (Å²) in [6, 6.07) is 3.29. The molecule has 120 valence electrons. The van der Waals surface area contributed by atoms with Crippen LogP contribution in [-0.4, -0.2) is 30.5 Å². The van der Waals surface area contributed by atoms with E-state index in [2.05, 4.69) is 5.16 Å². The van der Waals surface area contributed by atoms with Crippen LogP contribution in [0.1, 0.15) is 52.8 Å². The highest BCUT2D eigenvalue weighted by Crippen LogP contribution is 2.60. The van der Waals surface area contributed by atoms with Gasteiger partial charge in [-0.3, -0.25) is 0 Å². The van der Waals surface area contributed by atoms with Crippen molar-refractivity contribution in [2.24, 2.45) is 0 Å². The number of carboxylic acid groups (broad SMARTS) is 1. The lowest BCUT2D eigenvalue weighted by Gasteiger charge is -2.22. The van der Waals surface area contributed by atoms with Crippen molar-refractivity contribution >= 4 is 5.97 Å².